The van der Waals surface area contributed by atoms with Crippen LogP contribution in [0.3, 0.4) is 0 Å². The summed E-state index contributed by atoms with van der Waals surface area (Å²) in [6.45, 7) is 5.51. The van der Waals surface area contributed by atoms with Gasteiger partial charge in [0, 0.05) is 18.2 Å². The molecule has 2 aromatic carbocycles. The topological polar surface area (TPSA) is 69.9 Å². The lowest BCUT2D eigenvalue weighted by atomic mass is 10.2. The maximum atomic E-state index is 12.8. The van der Waals surface area contributed by atoms with Gasteiger partial charge in [0.15, 0.2) is 4.80 Å². The molecular weight excluding hydrogens is 447 g/mol. The molecule has 30 heavy (non-hydrogen) atoms. The van der Waals surface area contributed by atoms with Crippen LogP contribution in [-0.4, -0.2) is 36.3 Å². The summed E-state index contributed by atoms with van der Waals surface area (Å²) in [6, 6.07) is 9.92. The molecule has 0 aliphatic rings. The second-order valence-corrected chi connectivity index (χ2v) is 8.03. The van der Waals surface area contributed by atoms with Gasteiger partial charge in [-0.3, -0.25) is 4.79 Å². The predicted molar refractivity (Wildman–Crippen MR) is 119 cm³/mol. The first-order valence-electron chi connectivity index (χ1n) is 9.37. The summed E-state index contributed by atoms with van der Waals surface area (Å²) in [7, 11) is 0. The Morgan fingerprint density at radius 2 is 1.90 bits per heavy atom. The third-order valence-electron chi connectivity index (χ3n) is 4.21. The van der Waals surface area contributed by atoms with E-state index in [0.717, 1.165) is 10.2 Å². The van der Waals surface area contributed by atoms with E-state index in [1.807, 2.05) is 17.6 Å². The number of ether oxygens (including phenoxy) is 2. The molecule has 0 unspecified atom stereocenters. The second-order valence-electron chi connectivity index (χ2n) is 6.18. The van der Waals surface area contributed by atoms with E-state index in [1.165, 1.54) is 17.4 Å². The van der Waals surface area contributed by atoms with Crippen LogP contribution in [0.15, 0.2) is 41.4 Å². The van der Waals surface area contributed by atoms with Crippen molar-refractivity contribution in [2.45, 2.75) is 20.4 Å². The van der Waals surface area contributed by atoms with E-state index < -0.39 is 11.9 Å². The van der Waals surface area contributed by atoms with Gasteiger partial charge in [-0.1, -0.05) is 34.5 Å². The van der Waals surface area contributed by atoms with Gasteiger partial charge in [-0.25, -0.2) is 4.79 Å². The van der Waals surface area contributed by atoms with Crippen LogP contribution in [0.2, 0.25) is 10.0 Å². The average molecular weight is 467 g/mol. The Morgan fingerprint density at radius 3 is 2.63 bits per heavy atom. The number of benzene rings is 2. The van der Waals surface area contributed by atoms with Crippen molar-refractivity contribution in [3.05, 3.63) is 62.4 Å². The van der Waals surface area contributed by atoms with Crippen molar-refractivity contribution in [2.75, 3.05) is 19.8 Å². The third-order valence-corrected chi connectivity index (χ3v) is 5.82. The van der Waals surface area contributed by atoms with Crippen molar-refractivity contribution in [2.24, 2.45) is 4.99 Å². The molecule has 0 N–H and O–H groups in total. The van der Waals surface area contributed by atoms with Crippen LogP contribution in [0.5, 0.6) is 0 Å². The van der Waals surface area contributed by atoms with Crippen molar-refractivity contribution in [3.63, 3.8) is 0 Å². The number of nitrogens with zero attached hydrogens (tertiary/aromatic N) is 2. The highest BCUT2D eigenvalue weighted by molar-refractivity contribution is 7.16. The Bertz CT molecular complexity index is 1150. The Labute approximate surface area is 187 Å². The van der Waals surface area contributed by atoms with Crippen LogP contribution >= 0.6 is 34.5 Å². The number of hydrogen-bond donors (Lipinski definition) is 0. The molecule has 3 aromatic rings. The van der Waals surface area contributed by atoms with Crippen LogP contribution in [0.1, 0.15) is 34.6 Å². The van der Waals surface area contributed by atoms with Crippen LogP contribution < -0.4 is 4.80 Å². The molecular formula is C21H20Cl2N2O4S. The maximum absolute atomic E-state index is 12.8. The molecule has 0 saturated heterocycles. The highest BCUT2D eigenvalue weighted by atomic mass is 35.5. The summed E-state index contributed by atoms with van der Waals surface area (Å²) in [5.41, 5.74) is 1.51. The number of rotatable bonds is 7. The molecule has 0 spiro atoms. The fraction of sp³-hybridized carbons (Fsp3) is 0.286. The first-order chi connectivity index (χ1) is 14.4. The summed E-state index contributed by atoms with van der Waals surface area (Å²) < 4.78 is 13.2. The number of hydrogen-bond acceptors (Lipinski definition) is 5. The van der Waals surface area contributed by atoms with Gasteiger partial charge in [0.05, 0.1) is 39.6 Å². The average Bonchev–Trinajstić information content (AvgIpc) is 3.06. The number of carbonyl (C=O) groups is 2. The number of carbonyl (C=O) groups excluding carboxylic acids is 2. The van der Waals surface area contributed by atoms with Gasteiger partial charge >= 0.3 is 5.97 Å². The normalized spacial score (nSPS) is 11.8. The zero-order valence-electron chi connectivity index (χ0n) is 16.5. The largest absolute Gasteiger partial charge is 0.462 e. The fourth-order valence-corrected chi connectivity index (χ4v) is 4.29. The molecule has 0 radical (unpaired) electrons. The lowest BCUT2D eigenvalue weighted by Gasteiger charge is -2.06. The lowest BCUT2D eigenvalue weighted by Crippen LogP contribution is -2.19. The van der Waals surface area contributed by atoms with E-state index in [9.17, 15) is 9.59 Å². The number of amides is 1. The molecule has 0 saturated carbocycles. The highest BCUT2D eigenvalue weighted by Gasteiger charge is 2.14. The SMILES string of the molecule is CCOCCn1c(=NC(=O)c2cc(Cl)ccc2Cl)sc2cc(C(=O)OCC)ccc21. The number of halogens is 2. The van der Waals surface area contributed by atoms with E-state index >= 15 is 0 Å². The van der Waals surface area contributed by atoms with Crippen molar-refractivity contribution < 1.29 is 19.1 Å². The van der Waals surface area contributed by atoms with E-state index in [1.54, 1.807) is 31.2 Å². The summed E-state index contributed by atoms with van der Waals surface area (Å²) in [4.78, 5) is 29.6. The lowest BCUT2D eigenvalue weighted by molar-refractivity contribution is 0.0526. The van der Waals surface area contributed by atoms with Crippen molar-refractivity contribution >= 4 is 56.6 Å². The van der Waals surface area contributed by atoms with Gasteiger partial charge in [0.2, 0.25) is 0 Å². The number of aromatic nitrogens is 1. The number of thiazole rings is 1. The zero-order valence-corrected chi connectivity index (χ0v) is 18.8. The molecule has 1 heterocycles. The smallest absolute Gasteiger partial charge is 0.338 e. The molecule has 0 aliphatic heterocycles. The molecule has 0 bridgehead atoms. The van der Waals surface area contributed by atoms with Gasteiger partial charge in [-0.2, -0.15) is 4.99 Å². The Morgan fingerprint density at radius 1 is 1.10 bits per heavy atom. The summed E-state index contributed by atoms with van der Waals surface area (Å²) >= 11 is 13.5. The first-order valence-corrected chi connectivity index (χ1v) is 10.9. The Balaban J connectivity index is 2.09. The maximum Gasteiger partial charge on any atom is 0.338 e. The minimum atomic E-state index is -0.496. The quantitative estimate of drug-likeness (QED) is 0.364. The van der Waals surface area contributed by atoms with Crippen LogP contribution in [0.4, 0.5) is 0 Å². The van der Waals surface area contributed by atoms with E-state index in [-0.39, 0.29) is 10.6 Å². The van der Waals surface area contributed by atoms with Crippen molar-refractivity contribution in [3.8, 4) is 0 Å². The van der Waals surface area contributed by atoms with E-state index in [2.05, 4.69) is 4.99 Å². The van der Waals surface area contributed by atoms with E-state index in [0.29, 0.717) is 41.8 Å². The third kappa shape index (κ3) is 5.10. The van der Waals surface area contributed by atoms with Crippen LogP contribution in [-0.2, 0) is 16.0 Å². The second kappa shape index (κ2) is 10.2. The van der Waals surface area contributed by atoms with Crippen molar-refractivity contribution in [1.82, 2.24) is 4.57 Å². The number of esters is 1. The van der Waals surface area contributed by atoms with Crippen LogP contribution in [0.25, 0.3) is 10.2 Å². The van der Waals surface area contributed by atoms with Gasteiger partial charge < -0.3 is 14.0 Å². The molecule has 0 aliphatic carbocycles. The molecule has 6 nitrogen and oxygen atoms in total. The molecule has 1 amide bonds. The molecule has 158 valence electrons. The van der Waals surface area contributed by atoms with Crippen molar-refractivity contribution in [1.29, 1.82) is 0 Å². The molecule has 1 aromatic heterocycles. The molecule has 0 fully saturated rings. The highest BCUT2D eigenvalue weighted by Crippen LogP contribution is 2.23. The monoisotopic (exact) mass is 466 g/mol. The fourth-order valence-electron chi connectivity index (χ4n) is 2.82. The summed E-state index contributed by atoms with van der Waals surface area (Å²) in [5.74, 6) is -0.890. The van der Waals surface area contributed by atoms with Gasteiger partial charge in [-0.15, -0.1) is 0 Å². The molecule has 9 heteroatoms. The standard InChI is InChI=1S/C21H20Cl2N2O4S/c1-3-28-10-9-25-17-8-5-13(20(27)29-4-2)11-18(17)30-21(25)24-19(26)15-12-14(22)6-7-16(15)23/h5-8,11-12H,3-4,9-10H2,1-2H3. The van der Waals surface area contributed by atoms with Crippen LogP contribution in [0, 0.1) is 0 Å². The molecule has 3 rings (SSSR count). The minimum Gasteiger partial charge on any atom is -0.462 e. The van der Waals surface area contributed by atoms with E-state index in [4.69, 9.17) is 32.7 Å². The number of fused-ring (bicyclic) bond motifs is 1. The van der Waals surface area contributed by atoms with Gasteiger partial charge in [-0.05, 0) is 50.2 Å². The molecule has 0 atom stereocenters. The Kier molecular flexibility index (Phi) is 7.66. The first kappa shape index (κ1) is 22.5. The van der Waals surface area contributed by atoms with Gasteiger partial charge in [0.1, 0.15) is 0 Å². The summed E-state index contributed by atoms with van der Waals surface area (Å²) in [5, 5.41) is 0.678. The Hall–Kier alpha value is -2.19. The minimum absolute atomic E-state index is 0.227. The van der Waals surface area contributed by atoms with Gasteiger partial charge in [0.25, 0.3) is 5.91 Å². The zero-order chi connectivity index (χ0) is 21.7. The predicted octanol–water partition coefficient (Wildman–Crippen LogP) is 4.96. The summed E-state index contributed by atoms with van der Waals surface area (Å²) in [6.07, 6.45) is 0.